The van der Waals surface area contributed by atoms with Gasteiger partial charge in [-0.25, -0.2) is 4.98 Å². The monoisotopic (exact) mass is 407 g/mol. The molecule has 0 fully saturated rings. The number of aryl methyl sites for hydroxylation is 2. The first-order valence-corrected chi connectivity index (χ1v) is 9.38. The maximum atomic E-state index is 13.3. The summed E-state index contributed by atoms with van der Waals surface area (Å²) in [6, 6.07) is 15.8. The minimum atomic E-state index is -0.255. The van der Waals surface area contributed by atoms with Gasteiger partial charge in [-0.1, -0.05) is 35.4 Å². The standard InChI is InChI=1S/C21H18ClN5O2/c1-13-6-8-17(9-7-13)26(20(29)15-4-3-5-16(22)11-15)12-18-24-21-23-14(2)10-19(28)27(21)25-18/h3-11H,12H2,1-2H3,(H,23,24,25). The Balaban J connectivity index is 1.76. The first-order valence-electron chi connectivity index (χ1n) is 9.00. The van der Waals surface area contributed by atoms with Gasteiger partial charge in [0.1, 0.15) is 5.82 Å². The van der Waals surface area contributed by atoms with Crippen molar-refractivity contribution in [1.82, 2.24) is 19.6 Å². The molecule has 0 saturated carbocycles. The molecule has 0 atom stereocenters. The summed E-state index contributed by atoms with van der Waals surface area (Å²) >= 11 is 6.07. The summed E-state index contributed by atoms with van der Waals surface area (Å²) in [4.78, 5) is 35.7. The van der Waals surface area contributed by atoms with E-state index in [1.54, 1.807) is 36.1 Å². The second kappa shape index (κ2) is 7.52. The van der Waals surface area contributed by atoms with Crippen LogP contribution < -0.4 is 10.5 Å². The van der Waals surface area contributed by atoms with Crippen LogP contribution in [0.5, 0.6) is 0 Å². The first-order chi connectivity index (χ1) is 13.9. The van der Waals surface area contributed by atoms with E-state index in [2.05, 4.69) is 15.1 Å². The first kappa shape index (κ1) is 18.9. The number of benzene rings is 2. The van der Waals surface area contributed by atoms with E-state index in [1.165, 1.54) is 10.6 Å². The molecule has 7 nitrogen and oxygen atoms in total. The van der Waals surface area contributed by atoms with Gasteiger partial charge in [0, 0.05) is 28.0 Å². The lowest BCUT2D eigenvalue weighted by atomic mass is 10.1. The van der Waals surface area contributed by atoms with Crippen LogP contribution in [-0.2, 0) is 6.54 Å². The van der Waals surface area contributed by atoms with E-state index >= 15 is 0 Å². The van der Waals surface area contributed by atoms with Crippen LogP contribution in [0, 0.1) is 13.8 Å². The van der Waals surface area contributed by atoms with Gasteiger partial charge in [0.25, 0.3) is 17.2 Å². The van der Waals surface area contributed by atoms with Gasteiger partial charge in [0.2, 0.25) is 0 Å². The number of carbonyl (C=O) groups is 1. The van der Waals surface area contributed by atoms with E-state index in [0.717, 1.165) is 5.56 Å². The van der Waals surface area contributed by atoms with Crippen molar-refractivity contribution in [3.63, 3.8) is 0 Å². The van der Waals surface area contributed by atoms with Crippen molar-refractivity contribution in [2.24, 2.45) is 0 Å². The highest BCUT2D eigenvalue weighted by Crippen LogP contribution is 2.21. The van der Waals surface area contributed by atoms with Crippen LogP contribution in [0.2, 0.25) is 5.02 Å². The van der Waals surface area contributed by atoms with Gasteiger partial charge in [-0.15, -0.1) is 0 Å². The van der Waals surface area contributed by atoms with Crippen molar-refractivity contribution in [3.05, 3.63) is 92.6 Å². The molecule has 1 amide bonds. The largest absolute Gasteiger partial charge is 0.301 e. The minimum Gasteiger partial charge on any atom is -0.301 e. The number of rotatable bonds is 4. The van der Waals surface area contributed by atoms with Gasteiger partial charge in [0.15, 0.2) is 0 Å². The molecule has 1 N–H and O–H groups in total. The molecule has 2 heterocycles. The molecule has 0 aliphatic rings. The lowest BCUT2D eigenvalue weighted by Gasteiger charge is -2.22. The Labute approximate surface area is 171 Å². The normalized spacial score (nSPS) is 11.0. The van der Waals surface area contributed by atoms with Crippen LogP contribution >= 0.6 is 11.6 Å². The molecule has 2 aromatic carbocycles. The number of nitrogens with one attached hydrogen (secondary N) is 1. The molecule has 0 radical (unpaired) electrons. The Morgan fingerprint density at radius 2 is 1.86 bits per heavy atom. The summed E-state index contributed by atoms with van der Waals surface area (Å²) in [5.74, 6) is 0.480. The quantitative estimate of drug-likeness (QED) is 0.561. The van der Waals surface area contributed by atoms with Crippen LogP contribution in [0.1, 0.15) is 27.4 Å². The summed E-state index contributed by atoms with van der Waals surface area (Å²) in [6.07, 6.45) is 0. The third-order valence-corrected chi connectivity index (χ3v) is 4.71. The third-order valence-electron chi connectivity index (χ3n) is 4.48. The van der Waals surface area contributed by atoms with E-state index in [4.69, 9.17) is 11.6 Å². The molecule has 146 valence electrons. The average Bonchev–Trinajstić information content (AvgIpc) is 3.09. The highest BCUT2D eigenvalue weighted by Gasteiger charge is 2.20. The van der Waals surface area contributed by atoms with Crippen LogP contribution in [0.25, 0.3) is 5.78 Å². The number of H-pyrrole nitrogens is 1. The summed E-state index contributed by atoms with van der Waals surface area (Å²) < 4.78 is 1.26. The SMILES string of the molecule is Cc1ccc(N(Cc2nc3nc(C)cc(=O)n3[nH]2)C(=O)c2cccc(Cl)c2)cc1. The molecule has 4 aromatic rings. The number of nitrogens with zero attached hydrogens (tertiary/aromatic N) is 4. The van der Waals surface area contributed by atoms with Crippen LogP contribution in [0.3, 0.4) is 0 Å². The summed E-state index contributed by atoms with van der Waals surface area (Å²) in [7, 11) is 0. The van der Waals surface area contributed by atoms with E-state index in [0.29, 0.717) is 27.8 Å². The van der Waals surface area contributed by atoms with Crippen molar-refractivity contribution < 1.29 is 4.79 Å². The Morgan fingerprint density at radius 3 is 2.59 bits per heavy atom. The van der Waals surface area contributed by atoms with E-state index in [-0.39, 0.29) is 23.8 Å². The van der Waals surface area contributed by atoms with Gasteiger partial charge in [-0.05, 0) is 44.2 Å². The molecule has 0 bridgehead atoms. The molecule has 0 aliphatic carbocycles. The Kier molecular flexibility index (Phi) is 4.90. The molecule has 29 heavy (non-hydrogen) atoms. The van der Waals surface area contributed by atoms with Crippen molar-refractivity contribution in [1.29, 1.82) is 0 Å². The highest BCUT2D eigenvalue weighted by atomic mass is 35.5. The Morgan fingerprint density at radius 1 is 1.10 bits per heavy atom. The lowest BCUT2D eigenvalue weighted by Crippen LogP contribution is -2.31. The van der Waals surface area contributed by atoms with Crippen molar-refractivity contribution in [2.45, 2.75) is 20.4 Å². The summed E-state index contributed by atoms with van der Waals surface area (Å²) in [5.41, 5.74) is 2.57. The van der Waals surface area contributed by atoms with E-state index < -0.39 is 0 Å². The van der Waals surface area contributed by atoms with Gasteiger partial charge in [0.05, 0.1) is 6.54 Å². The Bertz CT molecular complexity index is 1260. The van der Waals surface area contributed by atoms with E-state index in [9.17, 15) is 9.59 Å². The predicted octanol–water partition coefficient (Wildman–Crippen LogP) is 3.53. The molecule has 0 unspecified atom stereocenters. The van der Waals surface area contributed by atoms with Gasteiger partial charge >= 0.3 is 0 Å². The van der Waals surface area contributed by atoms with E-state index in [1.807, 2.05) is 31.2 Å². The number of aromatic amines is 1. The third kappa shape index (κ3) is 3.90. The fourth-order valence-electron chi connectivity index (χ4n) is 3.04. The van der Waals surface area contributed by atoms with Crippen molar-refractivity contribution >= 4 is 29.0 Å². The average molecular weight is 408 g/mol. The maximum absolute atomic E-state index is 13.3. The molecule has 0 aliphatic heterocycles. The van der Waals surface area contributed by atoms with Crippen LogP contribution in [-0.4, -0.2) is 25.5 Å². The molecule has 0 spiro atoms. The van der Waals surface area contributed by atoms with Gasteiger partial charge in [-0.3, -0.25) is 14.7 Å². The lowest BCUT2D eigenvalue weighted by molar-refractivity contribution is 0.0984. The molecule has 0 saturated heterocycles. The van der Waals surface area contributed by atoms with Crippen LogP contribution in [0.4, 0.5) is 5.69 Å². The zero-order valence-corrected chi connectivity index (χ0v) is 16.6. The highest BCUT2D eigenvalue weighted by molar-refractivity contribution is 6.31. The van der Waals surface area contributed by atoms with Gasteiger partial charge in [-0.2, -0.15) is 9.50 Å². The number of fused-ring (bicyclic) bond motifs is 1. The molecule has 4 rings (SSSR count). The number of hydrogen-bond donors (Lipinski definition) is 1. The Hall–Kier alpha value is -3.45. The zero-order chi connectivity index (χ0) is 20.5. The molecule has 2 aromatic heterocycles. The van der Waals surface area contributed by atoms with Crippen LogP contribution in [0.15, 0.2) is 59.4 Å². The number of halogens is 1. The zero-order valence-electron chi connectivity index (χ0n) is 15.9. The number of anilines is 1. The number of aromatic nitrogens is 4. The minimum absolute atomic E-state index is 0.135. The fourth-order valence-corrected chi connectivity index (χ4v) is 3.23. The molecular formula is C21H18ClN5O2. The second-order valence-electron chi connectivity index (χ2n) is 6.78. The number of carbonyl (C=O) groups excluding carboxylic acids is 1. The smallest absolute Gasteiger partial charge is 0.274 e. The van der Waals surface area contributed by atoms with Crippen molar-refractivity contribution in [2.75, 3.05) is 4.90 Å². The second-order valence-corrected chi connectivity index (χ2v) is 7.22. The maximum Gasteiger partial charge on any atom is 0.274 e. The fraction of sp³-hybridized carbons (Fsp3) is 0.143. The summed E-state index contributed by atoms with van der Waals surface area (Å²) in [5, 5.41) is 3.41. The summed E-state index contributed by atoms with van der Waals surface area (Å²) in [6.45, 7) is 3.85. The predicted molar refractivity (Wildman–Crippen MR) is 111 cm³/mol. The molecular weight excluding hydrogens is 390 g/mol. The molecule has 8 heteroatoms. The topological polar surface area (TPSA) is 83.4 Å². The number of hydrogen-bond acceptors (Lipinski definition) is 4. The van der Waals surface area contributed by atoms with Gasteiger partial charge < -0.3 is 4.90 Å². The van der Waals surface area contributed by atoms with Crippen molar-refractivity contribution in [3.8, 4) is 0 Å². The number of amides is 1.